The normalized spacial score (nSPS) is 31.2. The fraction of sp³-hybridized carbons (Fsp3) is 0.933. The number of rotatable bonds is 4. The summed E-state index contributed by atoms with van der Waals surface area (Å²) in [4.78, 5) is 12.0. The van der Waals surface area contributed by atoms with E-state index in [-0.39, 0.29) is 5.91 Å². The second-order valence-corrected chi connectivity index (χ2v) is 6.68. The predicted molar refractivity (Wildman–Crippen MR) is 74.4 cm³/mol. The Labute approximate surface area is 111 Å². The van der Waals surface area contributed by atoms with Gasteiger partial charge in [-0.15, -0.1) is 0 Å². The molecule has 2 fully saturated rings. The van der Waals surface area contributed by atoms with E-state index in [1.54, 1.807) is 0 Å². The molecule has 1 heterocycles. The van der Waals surface area contributed by atoms with Crippen molar-refractivity contribution in [1.82, 2.24) is 10.6 Å². The average Bonchev–Trinajstić information content (AvgIpc) is 2.77. The van der Waals surface area contributed by atoms with Gasteiger partial charge in [-0.05, 0) is 43.6 Å². The molecule has 0 radical (unpaired) electrons. The standard InChI is InChI=1S/C15H28N2O/c1-12-6-5-9-16-13(12)10-14(18)17-11-15(2)7-3-4-8-15/h12-13,16H,3-11H2,1-2H3,(H,17,18). The number of hydrogen-bond acceptors (Lipinski definition) is 2. The van der Waals surface area contributed by atoms with Crippen molar-refractivity contribution in [1.29, 1.82) is 0 Å². The van der Waals surface area contributed by atoms with Gasteiger partial charge in [0.25, 0.3) is 0 Å². The molecule has 0 bridgehead atoms. The van der Waals surface area contributed by atoms with Crippen molar-refractivity contribution in [2.75, 3.05) is 13.1 Å². The van der Waals surface area contributed by atoms with Crippen molar-refractivity contribution in [3.05, 3.63) is 0 Å². The van der Waals surface area contributed by atoms with Gasteiger partial charge in [0.1, 0.15) is 0 Å². The van der Waals surface area contributed by atoms with Crippen LogP contribution in [0.3, 0.4) is 0 Å². The first-order valence-electron chi connectivity index (χ1n) is 7.59. The van der Waals surface area contributed by atoms with E-state index in [2.05, 4.69) is 24.5 Å². The molecule has 2 N–H and O–H groups in total. The largest absolute Gasteiger partial charge is 0.356 e. The first-order chi connectivity index (χ1) is 8.59. The van der Waals surface area contributed by atoms with Gasteiger partial charge in [0.05, 0.1) is 0 Å². The summed E-state index contributed by atoms with van der Waals surface area (Å²) in [5.41, 5.74) is 0.362. The lowest BCUT2D eigenvalue weighted by Crippen LogP contribution is -2.44. The molecule has 3 heteroatoms. The molecule has 18 heavy (non-hydrogen) atoms. The van der Waals surface area contributed by atoms with Crippen LogP contribution in [0.15, 0.2) is 0 Å². The SMILES string of the molecule is CC1CCCNC1CC(=O)NCC1(C)CCCC1. The minimum absolute atomic E-state index is 0.231. The summed E-state index contributed by atoms with van der Waals surface area (Å²) in [5.74, 6) is 0.862. The summed E-state index contributed by atoms with van der Waals surface area (Å²) in [6.07, 6.45) is 8.34. The van der Waals surface area contributed by atoms with Gasteiger partial charge in [0, 0.05) is 19.0 Å². The minimum Gasteiger partial charge on any atom is -0.356 e. The summed E-state index contributed by atoms with van der Waals surface area (Å²) in [5, 5.41) is 6.63. The van der Waals surface area contributed by atoms with Crippen LogP contribution in [0, 0.1) is 11.3 Å². The van der Waals surface area contributed by atoms with Gasteiger partial charge in [-0.3, -0.25) is 4.79 Å². The zero-order chi connectivity index (χ0) is 13.0. The van der Waals surface area contributed by atoms with Crippen LogP contribution in [0.25, 0.3) is 0 Å². The fourth-order valence-corrected chi connectivity index (χ4v) is 3.38. The molecule has 2 atom stereocenters. The van der Waals surface area contributed by atoms with Gasteiger partial charge < -0.3 is 10.6 Å². The lowest BCUT2D eigenvalue weighted by Gasteiger charge is -2.30. The molecule has 2 rings (SSSR count). The van der Waals surface area contributed by atoms with Crippen molar-refractivity contribution in [2.24, 2.45) is 11.3 Å². The molecule has 3 nitrogen and oxygen atoms in total. The number of piperidine rings is 1. The lowest BCUT2D eigenvalue weighted by molar-refractivity contribution is -0.122. The molecule has 2 unspecified atom stereocenters. The Morgan fingerprint density at radius 3 is 2.72 bits per heavy atom. The summed E-state index contributed by atoms with van der Waals surface area (Å²) < 4.78 is 0. The Morgan fingerprint density at radius 1 is 1.33 bits per heavy atom. The summed E-state index contributed by atoms with van der Waals surface area (Å²) >= 11 is 0. The average molecular weight is 252 g/mol. The number of carbonyl (C=O) groups is 1. The third kappa shape index (κ3) is 3.71. The molecule has 1 aliphatic carbocycles. The molecule has 0 spiro atoms. The maximum atomic E-state index is 12.0. The van der Waals surface area contributed by atoms with Gasteiger partial charge in [0.15, 0.2) is 0 Å². The van der Waals surface area contributed by atoms with Crippen molar-refractivity contribution in [3.63, 3.8) is 0 Å². The smallest absolute Gasteiger partial charge is 0.221 e. The van der Waals surface area contributed by atoms with E-state index >= 15 is 0 Å². The maximum Gasteiger partial charge on any atom is 0.221 e. The Morgan fingerprint density at radius 2 is 2.06 bits per heavy atom. The Kier molecular flexibility index (Phi) is 4.66. The van der Waals surface area contributed by atoms with Crippen LogP contribution in [-0.2, 0) is 4.79 Å². The van der Waals surface area contributed by atoms with E-state index in [0.717, 1.165) is 13.1 Å². The molecule has 1 aliphatic heterocycles. The molecule has 1 amide bonds. The molecular weight excluding hydrogens is 224 g/mol. The van der Waals surface area contributed by atoms with Gasteiger partial charge in [-0.25, -0.2) is 0 Å². The van der Waals surface area contributed by atoms with E-state index in [4.69, 9.17) is 0 Å². The number of carbonyl (C=O) groups excluding carboxylic acids is 1. The van der Waals surface area contributed by atoms with E-state index in [1.165, 1.54) is 38.5 Å². The highest BCUT2D eigenvalue weighted by Crippen LogP contribution is 2.36. The Bertz CT molecular complexity index is 284. The number of hydrogen-bond donors (Lipinski definition) is 2. The van der Waals surface area contributed by atoms with E-state index in [9.17, 15) is 4.79 Å². The van der Waals surface area contributed by atoms with Crippen molar-refractivity contribution in [3.8, 4) is 0 Å². The number of amides is 1. The van der Waals surface area contributed by atoms with Crippen LogP contribution in [0.4, 0.5) is 0 Å². The van der Waals surface area contributed by atoms with Crippen molar-refractivity contribution in [2.45, 2.75) is 64.8 Å². The first kappa shape index (κ1) is 13.9. The molecule has 1 saturated carbocycles. The molecule has 2 aliphatic rings. The highest BCUT2D eigenvalue weighted by Gasteiger charge is 2.29. The fourth-order valence-electron chi connectivity index (χ4n) is 3.38. The molecule has 0 aromatic carbocycles. The molecular formula is C15H28N2O. The Balaban J connectivity index is 1.71. The third-order valence-corrected chi connectivity index (χ3v) is 4.86. The second kappa shape index (κ2) is 6.05. The molecule has 0 aromatic rings. The van der Waals surface area contributed by atoms with Crippen LogP contribution in [0.2, 0.25) is 0 Å². The zero-order valence-electron chi connectivity index (χ0n) is 11.9. The van der Waals surface area contributed by atoms with Crippen LogP contribution in [0.5, 0.6) is 0 Å². The van der Waals surface area contributed by atoms with Gasteiger partial charge in [-0.1, -0.05) is 26.7 Å². The molecule has 1 saturated heterocycles. The monoisotopic (exact) mass is 252 g/mol. The molecule has 104 valence electrons. The quantitative estimate of drug-likeness (QED) is 0.807. The van der Waals surface area contributed by atoms with Gasteiger partial charge >= 0.3 is 0 Å². The third-order valence-electron chi connectivity index (χ3n) is 4.86. The summed E-state index contributed by atoms with van der Waals surface area (Å²) in [7, 11) is 0. The Hall–Kier alpha value is -0.570. The van der Waals surface area contributed by atoms with Crippen LogP contribution in [0.1, 0.15) is 58.8 Å². The van der Waals surface area contributed by atoms with E-state index in [0.29, 0.717) is 23.8 Å². The predicted octanol–water partition coefficient (Wildman–Crippen LogP) is 2.46. The summed E-state index contributed by atoms with van der Waals surface area (Å²) in [6.45, 7) is 6.50. The highest BCUT2D eigenvalue weighted by atomic mass is 16.1. The van der Waals surface area contributed by atoms with E-state index in [1.807, 2.05) is 0 Å². The van der Waals surface area contributed by atoms with Crippen LogP contribution >= 0.6 is 0 Å². The number of nitrogens with one attached hydrogen (secondary N) is 2. The van der Waals surface area contributed by atoms with Gasteiger partial charge in [0.2, 0.25) is 5.91 Å². The second-order valence-electron chi connectivity index (χ2n) is 6.68. The minimum atomic E-state index is 0.231. The first-order valence-corrected chi connectivity index (χ1v) is 7.59. The van der Waals surface area contributed by atoms with E-state index < -0.39 is 0 Å². The topological polar surface area (TPSA) is 41.1 Å². The highest BCUT2D eigenvalue weighted by molar-refractivity contribution is 5.76. The van der Waals surface area contributed by atoms with Gasteiger partial charge in [-0.2, -0.15) is 0 Å². The van der Waals surface area contributed by atoms with Crippen LogP contribution in [-0.4, -0.2) is 25.0 Å². The van der Waals surface area contributed by atoms with Crippen molar-refractivity contribution >= 4 is 5.91 Å². The summed E-state index contributed by atoms with van der Waals surface area (Å²) in [6, 6.07) is 0.384. The zero-order valence-corrected chi connectivity index (χ0v) is 11.9. The van der Waals surface area contributed by atoms with Crippen LogP contribution < -0.4 is 10.6 Å². The lowest BCUT2D eigenvalue weighted by atomic mass is 9.88. The maximum absolute atomic E-state index is 12.0. The molecule has 0 aromatic heterocycles. The van der Waals surface area contributed by atoms with Crippen molar-refractivity contribution < 1.29 is 4.79 Å².